The molecule has 0 atom stereocenters. The number of hydrogen-bond donors (Lipinski definition) is 1. The molecule has 14 heavy (non-hydrogen) atoms. The smallest absolute Gasteiger partial charge is 0.198 e. The van der Waals surface area contributed by atoms with Crippen LogP contribution in [-0.2, 0) is 0 Å². The molecule has 0 fully saturated rings. The van der Waals surface area contributed by atoms with Gasteiger partial charge in [-0.05, 0) is 6.92 Å². The highest BCUT2D eigenvalue weighted by atomic mass is 35.5. The van der Waals surface area contributed by atoms with Crippen LogP contribution in [0.2, 0.25) is 5.15 Å². The molecule has 0 saturated heterocycles. The molecule has 0 spiro atoms. The number of ether oxygens (including phenoxy) is 1. The number of methoxy groups -OCH3 is 1. The van der Waals surface area contributed by atoms with E-state index in [1.807, 2.05) is 6.92 Å². The summed E-state index contributed by atoms with van der Waals surface area (Å²) in [5, 5.41) is 3.34. The number of nitrogens with one attached hydrogen (secondary N) is 1. The number of aromatic nitrogens is 2. The normalized spacial score (nSPS) is 9.64. The third-order valence-corrected chi connectivity index (χ3v) is 1.79. The number of anilines is 1. The Kier molecular flexibility index (Phi) is 3.71. The lowest BCUT2D eigenvalue weighted by Crippen LogP contribution is -2.06. The van der Waals surface area contributed by atoms with Gasteiger partial charge in [0.25, 0.3) is 0 Å². The van der Waals surface area contributed by atoms with Crippen LogP contribution in [0.15, 0.2) is 18.5 Å². The second-order valence-corrected chi connectivity index (χ2v) is 3.22. The first kappa shape index (κ1) is 10.8. The van der Waals surface area contributed by atoms with E-state index in [4.69, 9.17) is 16.3 Å². The molecule has 4 nitrogen and oxygen atoms in total. The van der Waals surface area contributed by atoms with E-state index in [0.717, 1.165) is 5.57 Å². The summed E-state index contributed by atoms with van der Waals surface area (Å²) in [7, 11) is 1.52. The molecule has 5 heteroatoms. The van der Waals surface area contributed by atoms with Crippen LogP contribution in [0.4, 0.5) is 5.82 Å². The number of hydrogen-bond acceptors (Lipinski definition) is 4. The van der Waals surface area contributed by atoms with Gasteiger partial charge >= 0.3 is 0 Å². The van der Waals surface area contributed by atoms with E-state index in [1.165, 1.54) is 13.4 Å². The van der Waals surface area contributed by atoms with Gasteiger partial charge in [-0.25, -0.2) is 9.97 Å². The Hall–Kier alpha value is -1.29. The average molecular weight is 214 g/mol. The maximum Gasteiger partial charge on any atom is 0.198 e. The molecule has 1 heterocycles. The summed E-state index contributed by atoms with van der Waals surface area (Å²) in [5.74, 6) is 1.03. The van der Waals surface area contributed by atoms with Gasteiger partial charge in [0.2, 0.25) is 0 Å². The van der Waals surface area contributed by atoms with Crippen molar-refractivity contribution in [2.45, 2.75) is 6.92 Å². The molecule has 1 aromatic rings. The summed E-state index contributed by atoms with van der Waals surface area (Å²) in [6.07, 6.45) is 1.38. The minimum atomic E-state index is 0.298. The second kappa shape index (κ2) is 4.81. The molecule has 0 unspecified atom stereocenters. The van der Waals surface area contributed by atoms with Crippen molar-refractivity contribution >= 4 is 17.4 Å². The van der Waals surface area contributed by atoms with Crippen LogP contribution in [0, 0.1) is 0 Å². The predicted molar refractivity (Wildman–Crippen MR) is 56.9 cm³/mol. The molecule has 0 radical (unpaired) electrons. The van der Waals surface area contributed by atoms with Crippen molar-refractivity contribution in [3.8, 4) is 5.75 Å². The van der Waals surface area contributed by atoms with E-state index in [2.05, 4.69) is 21.9 Å². The standard InChI is InChI=1S/C9H12ClN3O/c1-6(2)4-11-9-7(14-3)8(10)12-5-13-9/h5H,1,4H2,2-3H3,(H,11,12,13). The summed E-state index contributed by atoms with van der Waals surface area (Å²) in [6, 6.07) is 0. The molecule has 1 aromatic heterocycles. The minimum Gasteiger partial charge on any atom is -0.490 e. The van der Waals surface area contributed by atoms with Crippen molar-refractivity contribution in [3.63, 3.8) is 0 Å². The summed E-state index contributed by atoms with van der Waals surface area (Å²) in [5.41, 5.74) is 1.00. The predicted octanol–water partition coefficient (Wildman–Crippen LogP) is 2.13. The van der Waals surface area contributed by atoms with Crippen LogP contribution < -0.4 is 10.1 Å². The van der Waals surface area contributed by atoms with Crippen LogP contribution in [0.25, 0.3) is 0 Å². The molecule has 0 bridgehead atoms. The fourth-order valence-electron chi connectivity index (χ4n) is 0.894. The largest absolute Gasteiger partial charge is 0.490 e. The van der Waals surface area contributed by atoms with Gasteiger partial charge in [-0.2, -0.15) is 0 Å². The quantitative estimate of drug-likeness (QED) is 0.615. The first-order chi connectivity index (χ1) is 6.65. The van der Waals surface area contributed by atoms with Crippen LogP contribution >= 0.6 is 11.6 Å². The van der Waals surface area contributed by atoms with Crippen LogP contribution in [0.3, 0.4) is 0 Å². The maximum atomic E-state index is 5.81. The molecule has 76 valence electrons. The molecule has 1 N–H and O–H groups in total. The third kappa shape index (κ3) is 2.60. The molecule has 1 rings (SSSR count). The molecule has 0 aromatic carbocycles. The average Bonchev–Trinajstić information content (AvgIpc) is 2.14. The van der Waals surface area contributed by atoms with Gasteiger partial charge in [0.05, 0.1) is 7.11 Å². The Balaban J connectivity index is 2.85. The number of halogens is 1. The Morgan fingerprint density at radius 3 is 2.93 bits per heavy atom. The van der Waals surface area contributed by atoms with E-state index in [9.17, 15) is 0 Å². The monoisotopic (exact) mass is 213 g/mol. The Bertz CT molecular complexity index is 341. The van der Waals surface area contributed by atoms with Crippen LogP contribution in [0.1, 0.15) is 6.92 Å². The van der Waals surface area contributed by atoms with Crippen molar-refractivity contribution in [3.05, 3.63) is 23.6 Å². The second-order valence-electron chi connectivity index (χ2n) is 2.86. The zero-order valence-corrected chi connectivity index (χ0v) is 8.93. The zero-order chi connectivity index (χ0) is 10.6. The minimum absolute atomic E-state index is 0.298. The van der Waals surface area contributed by atoms with Gasteiger partial charge in [-0.1, -0.05) is 23.8 Å². The van der Waals surface area contributed by atoms with Crippen molar-refractivity contribution in [1.29, 1.82) is 0 Å². The molecule has 0 aliphatic carbocycles. The van der Waals surface area contributed by atoms with Gasteiger partial charge in [-0.3, -0.25) is 0 Å². The first-order valence-electron chi connectivity index (χ1n) is 4.08. The lowest BCUT2D eigenvalue weighted by Gasteiger charge is -2.09. The maximum absolute atomic E-state index is 5.81. The van der Waals surface area contributed by atoms with Crippen molar-refractivity contribution in [2.75, 3.05) is 19.0 Å². The van der Waals surface area contributed by atoms with Gasteiger partial charge in [0.15, 0.2) is 16.7 Å². The highest BCUT2D eigenvalue weighted by molar-refractivity contribution is 6.31. The first-order valence-corrected chi connectivity index (χ1v) is 4.45. The summed E-state index contributed by atoms with van der Waals surface area (Å²) in [6.45, 7) is 6.32. The van der Waals surface area contributed by atoms with Crippen molar-refractivity contribution < 1.29 is 4.74 Å². The summed E-state index contributed by atoms with van der Waals surface area (Å²) in [4.78, 5) is 7.81. The Morgan fingerprint density at radius 2 is 2.36 bits per heavy atom. The zero-order valence-electron chi connectivity index (χ0n) is 8.17. The lowest BCUT2D eigenvalue weighted by atomic mass is 10.3. The number of rotatable bonds is 4. The SMILES string of the molecule is C=C(C)CNc1ncnc(Cl)c1OC. The van der Waals surface area contributed by atoms with Gasteiger partial charge < -0.3 is 10.1 Å². The third-order valence-electron chi connectivity index (χ3n) is 1.52. The summed E-state index contributed by atoms with van der Waals surface area (Å²) >= 11 is 5.81. The highest BCUT2D eigenvalue weighted by Crippen LogP contribution is 2.28. The van der Waals surface area contributed by atoms with Crippen molar-refractivity contribution in [1.82, 2.24) is 9.97 Å². The fourth-order valence-corrected chi connectivity index (χ4v) is 1.10. The van der Waals surface area contributed by atoms with E-state index < -0.39 is 0 Å². The summed E-state index contributed by atoms with van der Waals surface area (Å²) < 4.78 is 5.06. The Labute approximate surface area is 88.0 Å². The van der Waals surface area contributed by atoms with E-state index in [0.29, 0.717) is 23.3 Å². The van der Waals surface area contributed by atoms with Crippen LogP contribution in [0.5, 0.6) is 5.75 Å². The number of nitrogens with zero attached hydrogens (tertiary/aromatic N) is 2. The van der Waals surface area contributed by atoms with E-state index >= 15 is 0 Å². The van der Waals surface area contributed by atoms with Gasteiger partial charge in [-0.15, -0.1) is 0 Å². The molecular weight excluding hydrogens is 202 g/mol. The van der Waals surface area contributed by atoms with Crippen molar-refractivity contribution in [2.24, 2.45) is 0 Å². The molecule has 0 amide bonds. The van der Waals surface area contributed by atoms with Gasteiger partial charge in [0, 0.05) is 6.54 Å². The fraction of sp³-hybridized carbons (Fsp3) is 0.333. The van der Waals surface area contributed by atoms with Gasteiger partial charge in [0.1, 0.15) is 6.33 Å². The van der Waals surface area contributed by atoms with Crippen LogP contribution in [-0.4, -0.2) is 23.6 Å². The van der Waals surface area contributed by atoms with E-state index in [1.54, 1.807) is 0 Å². The Morgan fingerprint density at radius 1 is 1.64 bits per heavy atom. The molecular formula is C9H12ClN3O. The topological polar surface area (TPSA) is 47.0 Å². The highest BCUT2D eigenvalue weighted by Gasteiger charge is 2.08. The molecule has 0 aliphatic rings. The van der Waals surface area contributed by atoms with E-state index in [-0.39, 0.29) is 0 Å². The lowest BCUT2D eigenvalue weighted by molar-refractivity contribution is 0.413. The molecule has 0 aliphatic heterocycles. The molecule has 0 saturated carbocycles.